The third-order valence-electron chi connectivity index (χ3n) is 6.22. The molecule has 2 heterocycles. The molecular formula is C25H22Cl2F5N7O2. The Morgan fingerprint density at radius 2 is 2.05 bits per heavy atom. The first-order valence-electron chi connectivity index (χ1n) is 12.2. The second-order valence-corrected chi connectivity index (χ2v) is 9.81. The highest BCUT2D eigenvalue weighted by molar-refractivity contribution is 6.42. The molecule has 2 aromatic carbocycles. The summed E-state index contributed by atoms with van der Waals surface area (Å²) in [5, 5.41) is 20.7. The minimum absolute atomic E-state index is 0.00435. The van der Waals surface area contributed by atoms with Crippen molar-refractivity contribution in [3.05, 3.63) is 57.8 Å². The number of nitriles is 1. The number of aliphatic imine (C=N–C) groups is 1. The van der Waals surface area contributed by atoms with Gasteiger partial charge in [-0.05, 0) is 25.1 Å². The predicted molar refractivity (Wildman–Crippen MR) is 141 cm³/mol. The van der Waals surface area contributed by atoms with E-state index in [1.54, 1.807) is 19.2 Å². The summed E-state index contributed by atoms with van der Waals surface area (Å²) in [6.45, 7) is 1.89. The van der Waals surface area contributed by atoms with Crippen molar-refractivity contribution < 1.29 is 31.5 Å². The average Bonchev–Trinajstić information content (AvgIpc) is 3.51. The van der Waals surface area contributed by atoms with Crippen LogP contribution in [0.25, 0.3) is 0 Å². The van der Waals surface area contributed by atoms with E-state index in [0.717, 1.165) is 12.1 Å². The number of amides is 1. The van der Waals surface area contributed by atoms with Crippen molar-refractivity contribution in [2.45, 2.75) is 38.0 Å². The number of rotatable bonds is 6. The lowest BCUT2D eigenvalue weighted by atomic mass is 10.0. The summed E-state index contributed by atoms with van der Waals surface area (Å²) in [4.78, 5) is 19.0. The second-order valence-electron chi connectivity index (χ2n) is 9.00. The zero-order valence-electron chi connectivity index (χ0n) is 21.2. The molecule has 2 N–H and O–H groups in total. The van der Waals surface area contributed by atoms with Crippen LogP contribution < -0.4 is 15.4 Å². The van der Waals surface area contributed by atoms with Gasteiger partial charge in [0.15, 0.2) is 6.19 Å². The standard InChI is InChI=1S/C25H22Cl2F5N7O2/c1-2-38(23(40)20-8-15(29)10-34-20)21-11-39(37-22(21)13-3-4-18(26)19(27)5-13)24(35-12-33)36-16-6-14(28)7-17(9-16)41-25(30,31)32/h3-7,9,15,20-21,34H,2,8,10-11H2,1H3,(H,35,36)/t15-,20-,21-/m1/s1. The van der Waals surface area contributed by atoms with E-state index >= 15 is 0 Å². The van der Waals surface area contributed by atoms with E-state index in [0.29, 0.717) is 17.3 Å². The number of ether oxygens (including phenoxy) is 1. The minimum atomic E-state index is -5.07. The molecule has 2 aliphatic heterocycles. The van der Waals surface area contributed by atoms with Crippen LogP contribution in [0.5, 0.6) is 5.75 Å². The Morgan fingerprint density at radius 1 is 1.29 bits per heavy atom. The van der Waals surface area contributed by atoms with Gasteiger partial charge in [-0.1, -0.05) is 29.3 Å². The van der Waals surface area contributed by atoms with Crippen molar-refractivity contribution in [2.75, 3.05) is 19.6 Å². The molecule has 0 unspecified atom stereocenters. The first-order chi connectivity index (χ1) is 19.4. The fourth-order valence-corrected chi connectivity index (χ4v) is 4.81. The molecule has 9 nitrogen and oxygen atoms in total. The Hall–Kier alpha value is -3.67. The smallest absolute Gasteiger partial charge is 0.406 e. The molecule has 218 valence electrons. The average molecular weight is 618 g/mol. The summed E-state index contributed by atoms with van der Waals surface area (Å²) in [6.07, 6.45) is -4.59. The number of hydrazone groups is 1. The molecule has 1 fully saturated rings. The van der Waals surface area contributed by atoms with Crippen LogP contribution in [0, 0.1) is 17.3 Å². The van der Waals surface area contributed by atoms with Crippen LogP contribution in [0.3, 0.4) is 0 Å². The zero-order valence-corrected chi connectivity index (χ0v) is 22.7. The normalized spacial score (nSPS) is 21.0. The molecule has 0 radical (unpaired) electrons. The number of hydrogen-bond acceptors (Lipinski definition) is 6. The van der Waals surface area contributed by atoms with Crippen LogP contribution in [0.2, 0.25) is 10.0 Å². The van der Waals surface area contributed by atoms with E-state index in [2.05, 4.69) is 25.5 Å². The molecule has 1 saturated heterocycles. The van der Waals surface area contributed by atoms with E-state index in [-0.39, 0.29) is 53.7 Å². The van der Waals surface area contributed by atoms with Crippen molar-refractivity contribution >= 4 is 46.5 Å². The third-order valence-corrected chi connectivity index (χ3v) is 6.96. The van der Waals surface area contributed by atoms with Gasteiger partial charge < -0.3 is 15.0 Å². The van der Waals surface area contributed by atoms with Crippen LogP contribution in [0.15, 0.2) is 46.5 Å². The van der Waals surface area contributed by atoms with E-state index in [1.165, 1.54) is 22.0 Å². The monoisotopic (exact) mass is 617 g/mol. The molecule has 0 saturated carbocycles. The lowest BCUT2D eigenvalue weighted by Gasteiger charge is -2.31. The Kier molecular flexibility index (Phi) is 9.21. The highest BCUT2D eigenvalue weighted by Gasteiger charge is 2.40. The first kappa shape index (κ1) is 30.3. The van der Waals surface area contributed by atoms with Crippen molar-refractivity contribution in [1.82, 2.24) is 20.5 Å². The number of hydrogen-bond donors (Lipinski definition) is 2. The van der Waals surface area contributed by atoms with Crippen molar-refractivity contribution in [1.29, 1.82) is 5.26 Å². The van der Waals surface area contributed by atoms with Crippen LogP contribution in [0.1, 0.15) is 18.9 Å². The highest BCUT2D eigenvalue weighted by Crippen LogP contribution is 2.30. The molecule has 0 aliphatic carbocycles. The van der Waals surface area contributed by atoms with Gasteiger partial charge in [-0.15, -0.1) is 13.2 Å². The molecule has 2 aromatic rings. The Morgan fingerprint density at radius 3 is 2.66 bits per heavy atom. The Labute approximate surface area is 241 Å². The molecule has 0 aromatic heterocycles. The number of guanidine groups is 1. The predicted octanol–water partition coefficient (Wildman–Crippen LogP) is 4.73. The quantitative estimate of drug-likeness (QED) is 0.160. The maximum atomic E-state index is 14.1. The summed E-state index contributed by atoms with van der Waals surface area (Å²) in [7, 11) is 0. The van der Waals surface area contributed by atoms with E-state index < -0.39 is 36.2 Å². The van der Waals surface area contributed by atoms with Crippen LogP contribution >= 0.6 is 23.2 Å². The summed E-state index contributed by atoms with van der Waals surface area (Å²) >= 11 is 12.3. The van der Waals surface area contributed by atoms with Crippen LogP contribution in [-0.2, 0) is 4.79 Å². The van der Waals surface area contributed by atoms with Gasteiger partial charge in [-0.25, -0.2) is 18.8 Å². The Bertz CT molecular complexity index is 1420. The van der Waals surface area contributed by atoms with Crippen LogP contribution in [0.4, 0.5) is 27.6 Å². The van der Waals surface area contributed by atoms with Gasteiger partial charge >= 0.3 is 6.36 Å². The fraction of sp³-hybridized carbons (Fsp3) is 0.360. The number of halogens is 7. The molecule has 0 spiro atoms. The van der Waals surface area contributed by atoms with Gasteiger partial charge in [-0.3, -0.25) is 10.1 Å². The molecule has 3 atom stereocenters. The summed E-state index contributed by atoms with van der Waals surface area (Å²) < 4.78 is 69.9. The second kappa shape index (κ2) is 12.5. The van der Waals surface area contributed by atoms with Gasteiger partial charge in [0, 0.05) is 37.2 Å². The van der Waals surface area contributed by atoms with Crippen molar-refractivity contribution in [3.8, 4) is 11.9 Å². The molecule has 16 heteroatoms. The molecular weight excluding hydrogens is 596 g/mol. The van der Waals surface area contributed by atoms with E-state index in [1.807, 2.05) is 0 Å². The fourth-order valence-electron chi connectivity index (χ4n) is 4.51. The summed E-state index contributed by atoms with van der Waals surface area (Å²) in [5.41, 5.74) is 0.481. The minimum Gasteiger partial charge on any atom is -0.406 e. The Balaban J connectivity index is 1.74. The van der Waals surface area contributed by atoms with E-state index in [4.69, 9.17) is 23.2 Å². The number of nitrogens with one attached hydrogen (secondary N) is 2. The SMILES string of the molecule is CCN(C(=O)[C@H]1C[C@@H](F)CN1)[C@@H]1CN(C(=Nc2cc(F)cc(OC(F)(F)F)c2)NC#N)N=C1c1ccc(Cl)c(Cl)c1. The molecule has 0 bridgehead atoms. The number of nitrogens with zero attached hydrogens (tertiary/aromatic N) is 5. The summed E-state index contributed by atoms with van der Waals surface area (Å²) in [6, 6.07) is 5.35. The zero-order chi connectivity index (χ0) is 29.9. The highest BCUT2D eigenvalue weighted by atomic mass is 35.5. The summed E-state index contributed by atoms with van der Waals surface area (Å²) in [5.74, 6) is -2.58. The first-order valence-corrected chi connectivity index (χ1v) is 12.9. The number of carbonyl (C=O) groups excluding carboxylic acids is 1. The largest absolute Gasteiger partial charge is 0.573 e. The number of likely N-dealkylation sites (N-methyl/N-ethyl adjacent to an activating group) is 1. The molecule has 2 aliphatic rings. The lowest BCUT2D eigenvalue weighted by molar-refractivity contribution is -0.274. The van der Waals surface area contributed by atoms with Gasteiger partial charge in [0.05, 0.1) is 40.1 Å². The lowest BCUT2D eigenvalue weighted by Crippen LogP contribution is -2.53. The third kappa shape index (κ3) is 7.35. The molecule has 41 heavy (non-hydrogen) atoms. The topological polar surface area (TPSA) is 105 Å². The van der Waals surface area contributed by atoms with Gasteiger partial charge in [-0.2, -0.15) is 10.4 Å². The van der Waals surface area contributed by atoms with Gasteiger partial charge in [0.1, 0.15) is 17.7 Å². The van der Waals surface area contributed by atoms with Crippen LogP contribution in [-0.4, -0.2) is 71.7 Å². The number of alkyl halides is 4. The van der Waals surface area contributed by atoms with Crippen molar-refractivity contribution in [2.24, 2.45) is 10.1 Å². The molecule has 1 amide bonds. The molecule has 4 rings (SSSR count). The number of carbonyl (C=O) groups is 1. The van der Waals surface area contributed by atoms with Crippen molar-refractivity contribution in [3.63, 3.8) is 0 Å². The van der Waals surface area contributed by atoms with Gasteiger partial charge in [0.25, 0.3) is 0 Å². The van der Waals surface area contributed by atoms with Gasteiger partial charge in [0.2, 0.25) is 11.9 Å². The van der Waals surface area contributed by atoms with E-state index in [9.17, 15) is 32.0 Å². The maximum Gasteiger partial charge on any atom is 0.573 e. The number of benzene rings is 2. The maximum absolute atomic E-state index is 14.1.